The molecular formula is C19H23NOS. The molecule has 0 saturated heterocycles. The van der Waals surface area contributed by atoms with Gasteiger partial charge in [-0.2, -0.15) is 0 Å². The molecule has 116 valence electrons. The predicted molar refractivity (Wildman–Crippen MR) is 92.6 cm³/mol. The second kappa shape index (κ2) is 7.82. The number of ether oxygens (including phenoxy) is 1. The van der Waals surface area contributed by atoms with Gasteiger partial charge in [0, 0.05) is 16.3 Å². The molecule has 1 unspecified atom stereocenters. The van der Waals surface area contributed by atoms with Gasteiger partial charge in [0.25, 0.3) is 0 Å². The van der Waals surface area contributed by atoms with E-state index in [4.69, 9.17) is 4.74 Å². The molecule has 1 atom stereocenters. The average Bonchev–Trinajstić information content (AvgIpc) is 2.56. The molecule has 0 bridgehead atoms. The van der Waals surface area contributed by atoms with Crippen LogP contribution in [0.5, 0.6) is 0 Å². The van der Waals surface area contributed by atoms with Gasteiger partial charge in [0.2, 0.25) is 0 Å². The zero-order valence-electron chi connectivity index (χ0n) is 13.0. The van der Waals surface area contributed by atoms with Crippen molar-refractivity contribution in [3.63, 3.8) is 0 Å². The van der Waals surface area contributed by atoms with Gasteiger partial charge in [-0.15, -0.1) is 0 Å². The van der Waals surface area contributed by atoms with E-state index in [0.717, 1.165) is 19.6 Å². The van der Waals surface area contributed by atoms with Crippen LogP contribution in [0, 0.1) is 0 Å². The largest absolute Gasteiger partial charge is 0.372 e. The standard InChI is InChI=1S/C19H23NOS/c1-20-12-13-21-19-9-5-6-15-10-11-17(14-18(15)19)22-16-7-3-2-4-8-16/h2-4,7-8,10-11,14,19-20H,5-6,9,12-13H2,1H3. The van der Waals surface area contributed by atoms with Gasteiger partial charge in [-0.05, 0) is 61.7 Å². The number of aryl methyl sites for hydroxylation is 1. The zero-order valence-corrected chi connectivity index (χ0v) is 13.9. The van der Waals surface area contributed by atoms with Crippen LogP contribution in [0.15, 0.2) is 58.3 Å². The smallest absolute Gasteiger partial charge is 0.0828 e. The van der Waals surface area contributed by atoms with Crippen LogP contribution in [0.3, 0.4) is 0 Å². The molecule has 0 fully saturated rings. The first-order valence-corrected chi connectivity index (χ1v) is 8.80. The first kappa shape index (κ1) is 15.6. The van der Waals surface area contributed by atoms with E-state index in [1.807, 2.05) is 18.8 Å². The van der Waals surface area contributed by atoms with Crippen LogP contribution in [-0.2, 0) is 11.2 Å². The zero-order chi connectivity index (χ0) is 15.2. The fourth-order valence-corrected chi connectivity index (χ4v) is 3.79. The third-order valence-corrected chi connectivity index (χ3v) is 5.02. The molecule has 2 aromatic carbocycles. The highest BCUT2D eigenvalue weighted by atomic mass is 32.2. The van der Waals surface area contributed by atoms with Gasteiger partial charge in [0.1, 0.15) is 0 Å². The molecule has 3 rings (SSSR count). The minimum absolute atomic E-state index is 0.258. The van der Waals surface area contributed by atoms with Gasteiger partial charge in [0.05, 0.1) is 12.7 Å². The summed E-state index contributed by atoms with van der Waals surface area (Å²) in [5.41, 5.74) is 2.85. The average molecular weight is 313 g/mol. The Labute approximate surface area is 137 Å². The summed E-state index contributed by atoms with van der Waals surface area (Å²) in [5, 5.41) is 3.15. The van der Waals surface area contributed by atoms with Crippen molar-refractivity contribution in [2.75, 3.05) is 20.2 Å². The van der Waals surface area contributed by atoms with Gasteiger partial charge < -0.3 is 10.1 Å². The Morgan fingerprint density at radius 1 is 1.14 bits per heavy atom. The number of rotatable bonds is 6. The van der Waals surface area contributed by atoms with Crippen LogP contribution in [-0.4, -0.2) is 20.2 Å². The third kappa shape index (κ3) is 3.92. The normalized spacial score (nSPS) is 17.2. The Hall–Kier alpha value is -1.29. The molecule has 1 aliphatic carbocycles. The van der Waals surface area contributed by atoms with E-state index in [2.05, 4.69) is 53.8 Å². The van der Waals surface area contributed by atoms with Gasteiger partial charge in [0.15, 0.2) is 0 Å². The summed E-state index contributed by atoms with van der Waals surface area (Å²) >= 11 is 1.82. The number of hydrogen-bond acceptors (Lipinski definition) is 3. The Morgan fingerprint density at radius 3 is 2.82 bits per heavy atom. The van der Waals surface area contributed by atoms with Crippen molar-refractivity contribution in [3.05, 3.63) is 59.7 Å². The van der Waals surface area contributed by atoms with Crippen molar-refractivity contribution in [2.24, 2.45) is 0 Å². The molecule has 0 heterocycles. The maximum atomic E-state index is 6.08. The van der Waals surface area contributed by atoms with Gasteiger partial charge in [-0.1, -0.05) is 36.0 Å². The van der Waals surface area contributed by atoms with Crippen LogP contribution in [0.25, 0.3) is 0 Å². The Bertz CT molecular complexity index is 600. The summed E-state index contributed by atoms with van der Waals surface area (Å²) in [4.78, 5) is 2.58. The molecule has 0 aliphatic heterocycles. The molecule has 0 radical (unpaired) electrons. The number of nitrogens with one attached hydrogen (secondary N) is 1. The predicted octanol–water partition coefficient (Wildman–Crippen LogP) is 4.45. The summed E-state index contributed by atoms with van der Waals surface area (Å²) in [6.45, 7) is 1.68. The maximum absolute atomic E-state index is 6.08. The highest BCUT2D eigenvalue weighted by Crippen LogP contribution is 2.36. The fourth-order valence-electron chi connectivity index (χ4n) is 2.90. The summed E-state index contributed by atoms with van der Waals surface area (Å²) < 4.78 is 6.08. The van der Waals surface area contributed by atoms with E-state index in [9.17, 15) is 0 Å². The van der Waals surface area contributed by atoms with Crippen molar-refractivity contribution in [1.29, 1.82) is 0 Å². The van der Waals surface area contributed by atoms with E-state index in [0.29, 0.717) is 0 Å². The summed E-state index contributed by atoms with van der Waals surface area (Å²) in [6, 6.07) is 17.4. The fraction of sp³-hybridized carbons (Fsp3) is 0.368. The summed E-state index contributed by atoms with van der Waals surface area (Å²) in [5.74, 6) is 0. The molecule has 2 aromatic rings. The Kier molecular flexibility index (Phi) is 5.54. The van der Waals surface area contributed by atoms with Crippen molar-refractivity contribution in [1.82, 2.24) is 5.32 Å². The molecule has 2 nitrogen and oxygen atoms in total. The molecule has 22 heavy (non-hydrogen) atoms. The van der Waals surface area contributed by atoms with Gasteiger partial charge in [-0.3, -0.25) is 0 Å². The van der Waals surface area contributed by atoms with Crippen LogP contribution >= 0.6 is 11.8 Å². The van der Waals surface area contributed by atoms with Gasteiger partial charge in [-0.25, -0.2) is 0 Å². The molecule has 0 saturated carbocycles. The number of fused-ring (bicyclic) bond motifs is 1. The molecular weight excluding hydrogens is 290 g/mol. The lowest BCUT2D eigenvalue weighted by atomic mass is 9.89. The quantitative estimate of drug-likeness (QED) is 0.796. The Balaban J connectivity index is 1.76. The topological polar surface area (TPSA) is 21.3 Å². The van der Waals surface area contributed by atoms with E-state index in [1.165, 1.54) is 33.8 Å². The number of likely N-dealkylation sites (N-methyl/N-ethyl adjacent to an activating group) is 1. The SMILES string of the molecule is CNCCOC1CCCc2ccc(Sc3ccccc3)cc21. The van der Waals surface area contributed by atoms with E-state index in [1.54, 1.807) is 0 Å². The molecule has 3 heteroatoms. The molecule has 0 aromatic heterocycles. The van der Waals surface area contributed by atoms with Crippen LogP contribution in [0.2, 0.25) is 0 Å². The first-order chi connectivity index (χ1) is 10.9. The van der Waals surface area contributed by atoms with Crippen LogP contribution in [0.4, 0.5) is 0 Å². The first-order valence-electron chi connectivity index (χ1n) is 7.99. The van der Waals surface area contributed by atoms with E-state index in [-0.39, 0.29) is 6.10 Å². The maximum Gasteiger partial charge on any atom is 0.0828 e. The van der Waals surface area contributed by atoms with Crippen molar-refractivity contribution >= 4 is 11.8 Å². The van der Waals surface area contributed by atoms with Crippen molar-refractivity contribution in [3.8, 4) is 0 Å². The minimum atomic E-state index is 0.258. The number of benzene rings is 2. The van der Waals surface area contributed by atoms with Crippen molar-refractivity contribution < 1.29 is 4.74 Å². The minimum Gasteiger partial charge on any atom is -0.372 e. The highest BCUT2D eigenvalue weighted by molar-refractivity contribution is 7.99. The van der Waals surface area contributed by atoms with Crippen LogP contribution in [0.1, 0.15) is 30.1 Å². The summed E-state index contributed by atoms with van der Waals surface area (Å²) in [7, 11) is 1.97. The lowest BCUT2D eigenvalue weighted by Crippen LogP contribution is -2.19. The summed E-state index contributed by atoms with van der Waals surface area (Å²) in [6.07, 6.45) is 3.80. The highest BCUT2D eigenvalue weighted by Gasteiger charge is 2.21. The molecule has 0 amide bonds. The number of hydrogen-bond donors (Lipinski definition) is 1. The second-order valence-electron chi connectivity index (χ2n) is 5.63. The monoisotopic (exact) mass is 313 g/mol. The van der Waals surface area contributed by atoms with Crippen molar-refractivity contribution in [2.45, 2.75) is 35.2 Å². The Morgan fingerprint density at radius 2 is 2.00 bits per heavy atom. The van der Waals surface area contributed by atoms with Crippen LogP contribution < -0.4 is 5.32 Å². The van der Waals surface area contributed by atoms with E-state index < -0.39 is 0 Å². The second-order valence-corrected chi connectivity index (χ2v) is 6.78. The molecule has 1 aliphatic rings. The third-order valence-electron chi connectivity index (χ3n) is 4.03. The molecule has 0 spiro atoms. The van der Waals surface area contributed by atoms with E-state index >= 15 is 0 Å². The van der Waals surface area contributed by atoms with Gasteiger partial charge >= 0.3 is 0 Å². The molecule has 1 N–H and O–H groups in total. The lowest BCUT2D eigenvalue weighted by Gasteiger charge is -2.26. The lowest BCUT2D eigenvalue weighted by molar-refractivity contribution is 0.0433.